The molecular weight excluding hydrogens is 426 g/mol. The maximum Gasteiger partial charge on any atom is 0.305 e. The monoisotopic (exact) mass is 451 g/mol. The van der Waals surface area contributed by atoms with Gasteiger partial charge in [-0.05, 0) is 12.1 Å². The molecule has 5 atom stereocenters. The first kappa shape index (κ1) is 24.8. The standard InChI is InChI=1S/C21H25NO10/c1-11(23)28-10-16-18(29-12(2)24)19(30-13(3)25)17(21(32-16)31-14(4)26)22-20(27)15-8-6-5-7-9-15/h5-9,16-19,21H,10H2,1-4H3,(H,22,27)/t16-,17+,18-,19-,21?/m1/s1. The van der Waals surface area contributed by atoms with Crippen molar-refractivity contribution in [1.29, 1.82) is 0 Å². The molecule has 2 rings (SSSR count). The third-order valence-corrected chi connectivity index (χ3v) is 4.32. The zero-order valence-corrected chi connectivity index (χ0v) is 18.1. The summed E-state index contributed by atoms with van der Waals surface area (Å²) in [5.74, 6) is -3.44. The van der Waals surface area contributed by atoms with Crippen molar-refractivity contribution >= 4 is 29.8 Å². The van der Waals surface area contributed by atoms with Crippen LogP contribution >= 0.6 is 0 Å². The van der Waals surface area contributed by atoms with E-state index >= 15 is 0 Å². The van der Waals surface area contributed by atoms with E-state index in [0.29, 0.717) is 0 Å². The van der Waals surface area contributed by atoms with Crippen molar-refractivity contribution in [1.82, 2.24) is 5.32 Å². The van der Waals surface area contributed by atoms with Gasteiger partial charge in [0.05, 0.1) is 0 Å². The summed E-state index contributed by atoms with van der Waals surface area (Å²) in [5.41, 5.74) is 0.279. The van der Waals surface area contributed by atoms with Crippen LogP contribution in [0, 0.1) is 0 Å². The molecule has 1 unspecified atom stereocenters. The van der Waals surface area contributed by atoms with Crippen LogP contribution in [0.1, 0.15) is 38.1 Å². The van der Waals surface area contributed by atoms with Crippen molar-refractivity contribution in [2.75, 3.05) is 6.61 Å². The van der Waals surface area contributed by atoms with Gasteiger partial charge < -0.3 is 29.0 Å². The van der Waals surface area contributed by atoms with Gasteiger partial charge in [-0.2, -0.15) is 0 Å². The first-order valence-electron chi connectivity index (χ1n) is 9.75. The van der Waals surface area contributed by atoms with Gasteiger partial charge in [0.25, 0.3) is 5.91 Å². The number of ether oxygens (including phenoxy) is 5. The lowest BCUT2D eigenvalue weighted by atomic mass is 9.95. The van der Waals surface area contributed by atoms with Crippen LogP contribution in [0.5, 0.6) is 0 Å². The molecule has 1 fully saturated rings. The number of carbonyl (C=O) groups is 5. The molecule has 11 nitrogen and oxygen atoms in total. The predicted molar refractivity (Wildman–Crippen MR) is 106 cm³/mol. The van der Waals surface area contributed by atoms with Gasteiger partial charge in [0.1, 0.15) is 18.8 Å². The minimum atomic E-state index is -1.43. The summed E-state index contributed by atoms with van der Waals surface area (Å²) >= 11 is 0. The van der Waals surface area contributed by atoms with Crippen LogP contribution in [0.15, 0.2) is 30.3 Å². The van der Waals surface area contributed by atoms with Crippen LogP contribution in [0.3, 0.4) is 0 Å². The highest BCUT2D eigenvalue weighted by atomic mass is 16.7. The number of esters is 4. The van der Waals surface area contributed by atoms with Crippen molar-refractivity contribution in [2.45, 2.75) is 58.3 Å². The van der Waals surface area contributed by atoms with Crippen molar-refractivity contribution < 1.29 is 47.7 Å². The summed E-state index contributed by atoms with van der Waals surface area (Å²) in [6.07, 6.45) is -5.18. The molecule has 0 aromatic heterocycles. The van der Waals surface area contributed by atoms with Gasteiger partial charge in [0.15, 0.2) is 12.2 Å². The predicted octanol–water partition coefficient (Wildman–Crippen LogP) is 0.500. The van der Waals surface area contributed by atoms with Gasteiger partial charge in [0.2, 0.25) is 6.29 Å². The quantitative estimate of drug-likeness (QED) is 0.460. The molecule has 1 aliphatic heterocycles. The average molecular weight is 451 g/mol. The van der Waals surface area contributed by atoms with E-state index < -0.39 is 60.4 Å². The van der Waals surface area contributed by atoms with Crippen molar-refractivity contribution in [2.24, 2.45) is 0 Å². The molecule has 1 N–H and O–H groups in total. The Hall–Kier alpha value is -3.47. The van der Waals surface area contributed by atoms with Gasteiger partial charge in [-0.3, -0.25) is 24.0 Å². The largest absolute Gasteiger partial charge is 0.463 e. The van der Waals surface area contributed by atoms with E-state index in [1.165, 1.54) is 6.92 Å². The first-order chi connectivity index (χ1) is 15.1. The maximum absolute atomic E-state index is 12.8. The minimum Gasteiger partial charge on any atom is -0.463 e. The Morgan fingerprint density at radius 3 is 1.91 bits per heavy atom. The summed E-state index contributed by atoms with van der Waals surface area (Å²) < 4.78 is 26.5. The van der Waals surface area contributed by atoms with Crippen LogP contribution in [0.4, 0.5) is 0 Å². The number of carbonyl (C=O) groups excluding carboxylic acids is 5. The highest BCUT2D eigenvalue weighted by Crippen LogP contribution is 2.28. The summed E-state index contributed by atoms with van der Waals surface area (Å²) in [6, 6.07) is 6.88. The molecule has 174 valence electrons. The molecular formula is C21H25NO10. The Labute approximate surface area is 184 Å². The molecule has 1 aliphatic rings. The second kappa shape index (κ2) is 11.2. The van der Waals surface area contributed by atoms with E-state index in [-0.39, 0.29) is 12.2 Å². The molecule has 32 heavy (non-hydrogen) atoms. The summed E-state index contributed by atoms with van der Waals surface area (Å²) in [4.78, 5) is 59.3. The summed E-state index contributed by atoms with van der Waals surface area (Å²) in [5, 5.41) is 2.62. The first-order valence-corrected chi connectivity index (χ1v) is 9.75. The van der Waals surface area contributed by atoms with Gasteiger partial charge in [-0.25, -0.2) is 0 Å². The summed E-state index contributed by atoms with van der Waals surface area (Å²) in [6.45, 7) is 4.16. The third kappa shape index (κ3) is 7.05. The number of amides is 1. The van der Waals surface area contributed by atoms with Crippen LogP contribution in [-0.4, -0.2) is 67.0 Å². The fourth-order valence-corrected chi connectivity index (χ4v) is 3.14. The Morgan fingerprint density at radius 1 is 0.812 bits per heavy atom. The molecule has 1 heterocycles. The highest BCUT2D eigenvalue weighted by molar-refractivity contribution is 5.94. The molecule has 0 bridgehead atoms. The molecule has 0 saturated carbocycles. The van der Waals surface area contributed by atoms with Gasteiger partial charge >= 0.3 is 23.9 Å². The number of rotatable bonds is 7. The van der Waals surface area contributed by atoms with Gasteiger partial charge in [-0.1, -0.05) is 18.2 Å². The van der Waals surface area contributed by atoms with E-state index in [0.717, 1.165) is 20.8 Å². The number of benzene rings is 1. The molecule has 0 radical (unpaired) electrons. The summed E-state index contributed by atoms with van der Waals surface area (Å²) in [7, 11) is 0. The molecule has 1 amide bonds. The zero-order valence-electron chi connectivity index (χ0n) is 18.1. The molecule has 1 aromatic rings. The smallest absolute Gasteiger partial charge is 0.305 e. The normalized spacial score (nSPS) is 24.6. The van der Waals surface area contributed by atoms with Crippen molar-refractivity contribution in [3.05, 3.63) is 35.9 Å². The van der Waals surface area contributed by atoms with E-state index in [2.05, 4.69) is 5.32 Å². The SMILES string of the molecule is CC(=O)OC[C@H]1OC(OC(C)=O)[C@@H](NC(=O)c2ccccc2)[C@@H](OC(C)=O)[C@@H]1OC(C)=O. The van der Waals surface area contributed by atoms with Crippen LogP contribution in [0.25, 0.3) is 0 Å². The third-order valence-electron chi connectivity index (χ3n) is 4.32. The van der Waals surface area contributed by atoms with Crippen molar-refractivity contribution in [3.8, 4) is 0 Å². The van der Waals surface area contributed by atoms with Crippen molar-refractivity contribution in [3.63, 3.8) is 0 Å². The fourth-order valence-electron chi connectivity index (χ4n) is 3.14. The maximum atomic E-state index is 12.8. The molecule has 11 heteroatoms. The lowest BCUT2D eigenvalue weighted by Gasteiger charge is -2.44. The van der Waals surface area contributed by atoms with E-state index in [4.69, 9.17) is 23.7 Å². The number of nitrogens with one attached hydrogen (secondary N) is 1. The second-order valence-electron chi connectivity index (χ2n) is 6.97. The zero-order chi connectivity index (χ0) is 23.8. The fraction of sp³-hybridized carbons (Fsp3) is 0.476. The lowest BCUT2D eigenvalue weighted by Crippen LogP contribution is -2.67. The molecule has 0 aliphatic carbocycles. The molecule has 0 spiro atoms. The second-order valence-corrected chi connectivity index (χ2v) is 6.97. The van der Waals surface area contributed by atoms with Crippen LogP contribution in [-0.2, 0) is 42.9 Å². The van der Waals surface area contributed by atoms with Gasteiger partial charge in [0, 0.05) is 33.3 Å². The Bertz CT molecular complexity index is 855. The Kier molecular flexibility index (Phi) is 8.71. The number of hydrogen-bond donors (Lipinski definition) is 1. The molecule has 1 saturated heterocycles. The van der Waals surface area contributed by atoms with Crippen LogP contribution < -0.4 is 5.32 Å². The number of hydrogen-bond acceptors (Lipinski definition) is 10. The Morgan fingerprint density at radius 2 is 1.38 bits per heavy atom. The average Bonchev–Trinajstić information content (AvgIpc) is 2.70. The topological polar surface area (TPSA) is 144 Å². The van der Waals surface area contributed by atoms with E-state index in [1.54, 1.807) is 30.3 Å². The van der Waals surface area contributed by atoms with E-state index in [9.17, 15) is 24.0 Å². The minimum absolute atomic E-state index is 0.279. The van der Waals surface area contributed by atoms with Crippen LogP contribution in [0.2, 0.25) is 0 Å². The Balaban J connectivity index is 2.44. The van der Waals surface area contributed by atoms with Gasteiger partial charge in [-0.15, -0.1) is 0 Å². The molecule has 1 aromatic carbocycles. The highest BCUT2D eigenvalue weighted by Gasteiger charge is 2.52. The lowest BCUT2D eigenvalue weighted by molar-refractivity contribution is -0.270. The van der Waals surface area contributed by atoms with E-state index in [1.807, 2.05) is 0 Å².